The van der Waals surface area contributed by atoms with Gasteiger partial charge >= 0.3 is 0 Å². The molecule has 0 aliphatic rings. The molecule has 1 aromatic heterocycles. The van der Waals surface area contributed by atoms with Gasteiger partial charge in [-0.3, -0.25) is 9.89 Å². The molecular formula is C8H10ClN3O. The lowest BCUT2D eigenvalue weighted by molar-refractivity contribution is 0.0952. The number of aromatic nitrogens is 2. The number of nitrogens with one attached hydrogen (secondary N) is 2. The summed E-state index contributed by atoms with van der Waals surface area (Å²) < 4.78 is 0. The fourth-order valence-electron chi connectivity index (χ4n) is 0.841. The summed E-state index contributed by atoms with van der Waals surface area (Å²) in [5.41, 5.74) is 1.26. The number of carbonyl (C=O) groups excluding carboxylic acids is 1. The average molecular weight is 200 g/mol. The second-order valence-electron chi connectivity index (χ2n) is 2.63. The molecule has 1 heterocycles. The second kappa shape index (κ2) is 4.09. The Morgan fingerprint density at radius 2 is 2.54 bits per heavy atom. The smallest absolute Gasteiger partial charge is 0.269 e. The highest BCUT2D eigenvalue weighted by Gasteiger charge is 2.09. The van der Waals surface area contributed by atoms with Crippen LogP contribution in [-0.2, 0) is 0 Å². The van der Waals surface area contributed by atoms with E-state index < -0.39 is 0 Å². The summed E-state index contributed by atoms with van der Waals surface area (Å²) in [7, 11) is 0. The highest BCUT2D eigenvalue weighted by atomic mass is 35.5. The highest BCUT2D eigenvalue weighted by Crippen LogP contribution is 2.02. The molecule has 4 nitrogen and oxygen atoms in total. The van der Waals surface area contributed by atoms with E-state index in [1.165, 1.54) is 0 Å². The number of nitrogens with zero attached hydrogens (tertiary/aromatic N) is 1. The van der Waals surface area contributed by atoms with Crippen molar-refractivity contribution in [2.45, 2.75) is 6.92 Å². The molecule has 2 N–H and O–H groups in total. The molecule has 0 saturated heterocycles. The van der Waals surface area contributed by atoms with Crippen molar-refractivity contribution in [3.05, 3.63) is 29.1 Å². The molecule has 1 amide bonds. The van der Waals surface area contributed by atoms with E-state index in [0.717, 1.165) is 5.56 Å². The molecule has 1 rings (SSSR count). The van der Waals surface area contributed by atoms with Crippen LogP contribution in [0.5, 0.6) is 0 Å². The molecule has 0 radical (unpaired) electrons. The Labute approximate surface area is 81.0 Å². The maximum absolute atomic E-state index is 11.3. The topological polar surface area (TPSA) is 57.8 Å². The molecule has 1 aromatic rings. The lowest BCUT2D eigenvalue weighted by Gasteiger charge is -2.01. The van der Waals surface area contributed by atoms with Gasteiger partial charge in [-0.15, -0.1) is 0 Å². The fourth-order valence-corrected chi connectivity index (χ4v) is 0.908. The van der Waals surface area contributed by atoms with E-state index in [4.69, 9.17) is 11.6 Å². The van der Waals surface area contributed by atoms with E-state index in [2.05, 4.69) is 22.1 Å². The van der Waals surface area contributed by atoms with Crippen LogP contribution in [0, 0.1) is 6.92 Å². The summed E-state index contributed by atoms with van der Waals surface area (Å²) in [5.74, 6) is -0.225. The average Bonchev–Trinajstić information content (AvgIpc) is 2.47. The SMILES string of the molecule is C=C(Cl)CNC(=O)c1[nH]ncc1C. The van der Waals surface area contributed by atoms with Crippen molar-refractivity contribution in [1.29, 1.82) is 0 Å². The standard InChI is InChI=1S/C8H10ClN3O/c1-5-3-11-12-7(5)8(13)10-4-6(2)9/h3H,2,4H2,1H3,(H,10,13)(H,11,12). The normalized spacial score (nSPS) is 9.69. The zero-order valence-corrected chi connectivity index (χ0v) is 7.98. The number of hydrogen-bond acceptors (Lipinski definition) is 2. The van der Waals surface area contributed by atoms with Crippen LogP contribution in [0.25, 0.3) is 0 Å². The van der Waals surface area contributed by atoms with Crippen molar-refractivity contribution in [2.24, 2.45) is 0 Å². The number of aromatic amines is 1. The first-order valence-electron chi connectivity index (χ1n) is 3.72. The molecule has 0 fully saturated rings. The van der Waals surface area contributed by atoms with Crippen molar-refractivity contribution in [2.75, 3.05) is 6.54 Å². The summed E-state index contributed by atoms with van der Waals surface area (Å²) in [6.45, 7) is 5.52. The van der Waals surface area contributed by atoms with Gasteiger partial charge in [-0.05, 0) is 12.5 Å². The molecule has 0 saturated carbocycles. The zero-order chi connectivity index (χ0) is 9.84. The monoisotopic (exact) mass is 199 g/mol. The van der Waals surface area contributed by atoms with Gasteiger partial charge in [0, 0.05) is 5.03 Å². The van der Waals surface area contributed by atoms with Crippen LogP contribution in [0.3, 0.4) is 0 Å². The lowest BCUT2D eigenvalue weighted by Crippen LogP contribution is -2.25. The lowest BCUT2D eigenvalue weighted by atomic mass is 10.2. The molecule has 0 aliphatic carbocycles. The number of aryl methyl sites for hydroxylation is 1. The first-order chi connectivity index (χ1) is 6.11. The highest BCUT2D eigenvalue weighted by molar-refractivity contribution is 6.29. The van der Waals surface area contributed by atoms with Crippen LogP contribution in [0.4, 0.5) is 0 Å². The first-order valence-corrected chi connectivity index (χ1v) is 4.10. The van der Waals surface area contributed by atoms with Crippen LogP contribution < -0.4 is 5.32 Å². The van der Waals surface area contributed by atoms with Gasteiger partial charge < -0.3 is 5.32 Å². The Morgan fingerprint density at radius 1 is 1.85 bits per heavy atom. The predicted molar refractivity (Wildman–Crippen MR) is 50.7 cm³/mol. The van der Waals surface area contributed by atoms with E-state index in [0.29, 0.717) is 10.7 Å². The summed E-state index contributed by atoms with van der Waals surface area (Å²) in [5, 5.41) is 9.30. The summed E-state index contributed by atoms with van der Waals surface area (Å²) in [4.78, 5) is 11.3. The Morgan fingerprint density at radius 3 is 3.00 bits per heavy atom. The van der Waals surface area contributed by atoms with Crippen LogP contribution in [0.2, 0.25) is 0 Å². The Kier molecular flexibility index (Phi) is 3.08. The molecule has 0 unspecified atom stereocenters. The van der Waals surface area contributed by atoms with Crippen molar-refractivity contribution in [1.82, 2.24) is 15.5 Å². The molecule has 70 valence electrons. The minimum absolute atomic E-state index is 0.225. The van der Waals surface area contributed by atoms with E-state index in [1.807, 2.05) is 0 Å². The molecule has 13 heavy (non-hydrogen) atoms. The predicted octanol–water partition coefficient (Wildman–Crippen LogP) is 1.20. The summed E-state index contributed by atoms with van der Waals surface area (Å²) in [6, 6.07) is 0. The van der Waals surface area contributed by atoms with Crippen LogP contribution >= 0.6 is 11.6 Å². The maximum atomic E-state index is 11.3. The Balaban J connectivity index is 2.59. The number of carbonyl (C=O) groups is 1. The third-order valence-corrected chi connectivity index (χ3v) is 1.63. The van der Waals surface area contributed by atoms with Gasteiger partial charge in [0.1, 0.15) is 5.69 Å². The van der Waals surface area contributed by atoms with Gasteiger partial charge in [-0.2, -0.15) is 5.10 Å². The van der Waals surface area contributed by atoms with Crippen molar-refractivity contribution in [3.8, 4) is 0 Å². The van der Waals surface area contributed by atoms with Crippen LogP contribution in [0.1, 0.15) is 16.1 Å². The number of amides is 1. The van der Waals surface area contributed by atoms with Gasteiger partial charge in [-0.25, -0.2) is 0 Å². The Bertz CT molecular complexity index is 332. The fraction of sp³-hybridized carbons (Fsp3) is 0.250. The van der Waals surface area contributed by atoms with Gasteiger partial charge in [0.25, 0.3) is 5.91 Å². The summed E-state index contributed by atoms with van der Waals surface area (Å²) in [6.07, 6.45) is 1.59. The molecule has 0 bridgehead atoms. The largest absolute Gasteiger partial charge is 0.346 e. The molecule has 0 atom stereocenters. The van der Waals surface area contributed by atoms with Crippen molar-refractivity contribution >= 4 is 17.5 Å². The quantitative estimate of drug-likeness (QED) is 0.769. The van der Waals surface area contributed by atoms with Gasteiger partial charge in [0.05, 0.1) is 12.7 Å². The van der Waals surface area contributed by atoms with E-state index in [-0.39, 0.29) is 12.5 Å². The van der Waals surface area contributed by atoms with Crippen molar-refractivity contribution in [3.63, 3.8) is 0 Å². The summed E-state index contributed by atoms with van der Waals surface area (Å²) >= 11 is 5.49. The van der Waals surface area contributed by atoms with Gasteiger partial charge in [0.2, 0.25) is 0 Å². The zero-order valence-electron chi connectivity index (χ0n) is 7.22. The minimum Gasteiger partial charge on any atom is -0.346 e. The van der Waals surface area contributed by atoms with Gasteiger partial charge in [-0.1, -0.05) is 18.2 Å². The van der Waals surface area contributed by atoms with E-state index in [1.54, 1.807) is 13.1 Å². The van der Waals surface area contributed by atoms with E-state index >= 15 is 0 Å². The molecule has 5 heteroatoms. The molecule has 0 aliphatic heterocycles. The number of H-pyrrole nitrogens is 1. The van der Waals surface area contributed by atoms with Crippen molar-refractivity contribution < 1.29 is 4.79 Å². The molecule has 0 spiro atoms. The number of halogens is 1. The minimum atomic E-state index is -0.225. The van der Waals surface area contributed by atoms with Crippen LogP contribution in [-0.4, -0.2) is 22.6 Å². The van der Waals surface area contributed by atoms with E-state index in [9.17, 15) is 4.79 Å². The number of rotatable bonds is 3. The molecule has 0 aromatic carbocycles. The number of hydrogen-bond donors (Lipinski definition) is 2. The Hall–Kier alpha value is -1.29. The maximum Gasteiger partial charge on any atom is 0.269 e. The third kappa shape index (κ3) is 2.59. The first kappa shape index (κ1) is 9.80. The molecular weight excluding hydrogens is 190 g/mol. The second-order valence-corrected chi connectivity index (χ2v) is 3.16. The van der Waals surface area contributed by atoms with Crippen LogP contribution in [0.15, 0.2) is 17.8 Å². The van der Waals surface area contributed by atoms with Gasteiger partial charge in [0.15, 0.2) is 0 Å². The third-order valence-electron chi connectivity index (χ3n) is 1.50.